The molecule has 2 aromatic rings. The Morgan fingerprint density at radius 2 is 1.57 bits per heavy atom. The van der Waals surface area contributed by atoms with E-state index in [-0.39, 0.29) is 17.2 Å². The van der Waals surface area contributed by atoms with E-state index in [9.17, 15) is 22.8 Å². The van der Waals surface area contributed by atoms with Crippen LogP contribution in [0.1, 0.15) is 21.5 Å². The molecule has 0 fully saturated rings. The SMILES string of the molecule is COc1cc(NC(=O)/C=C/c2ccc(C(F)(F)F)cc2)c(C(=O)N(C)C)cc1OC. The number of hydrogen-bond donors (Lipinski definition) is 1. The van der Waals surface area contributed by atoms with Gasteiger partial charge in [0, 0.05) is 26.2 Å². The van der Waals surface area contributed by atoms with E-state index in [1.807, 2.05) is 0 Å². The Morgan fingerprint density at radius 1 is 1.00 bits per heavy atom. The minimum atomic E-state index is -4.43. The molecule has 0 saturated carbocycles. The number of carbonyl (C=O) groups excluding carboxylic acids is 2. The van der Waals surface area contributed by atoms with Gasteiger partial charge in [0.15, 0.2) is 11.5 Å². The maximum absolute atomic E-state index is 12.6. The molecule has 2 rings (SSSR count). The smallest absolute Gasteiger partial charge is 0.416 e. The van der Waals surface area contributed by atoms with Crippen molar-refractivity contribution in [1.82, 2.24) is 4.90 Å². The molecule has 0 atom stereocenters. The average molecular weight is 422 g/mol. The average Bonchev–Trinajstić information content (AvgIpc) is 2.70. The zero-order valence-corrected chi connectivity index (χ0v) is 16.8. The lowest BCUT2D eigenvalue weighted by atomic mass is 10.1. The standard InChI is InChI=1S/C21H21F3N2O4/c1-26(2)20(28)15-11-17(29-3)18(30-4)12-16(15)25-19(27)10-7-13-5-8-14(9-6-13)21(22,23)24/h5-12H,1-4H3,(H,25,27)/b10-7+. The Morgan fingerprint density at radius 3 is 2.07 bits per heavy atom. The predicted molar refractivity (Wildman–Crippen MR) is 107 cm³/mol. The lowest BCUT2D eigenvalue weighted by Crippen LogP contribution is -2.24. The van der Waals surface area contributed by atoms with Crippen LogP contribution in [0.5, 0.6) is 11.5 Å². The highest BCUT2D eigenvalue weighted by Crippen LogP contribution is 2.34. The highest BCUT2D eigenvalue weighted by atomic mass is 19.4. The van der Waals surface area contributed by atoms with Crippen LogP contribution >= 0.6 is 0 Å². The summed E-state index contributed by atoms with van der Waals surface area (Å²) in [5, 5.41) is 2.59. The van der Waals surface area contributed by atoms with Crippen LogP contribution in [0.15, 0.2) is 42.5 Å². The number of amides is 2. The van der Waals surface area contributed by atoms with Gasteiger partial charge in [-0.25, -0.2) is 0 Å². The third kappa shape index (κ3) is 5.53. The molecule has 0 saturated heterocycles. The molecule has 9 heteroatoms. The summed E-state index contributed by atoms with van der Waals surface area (Å²) in [6.07, 6.45) is -1.91. The second-order valence-corrected chi connectivity index (χ2v) is 6.39. The molecule has 0 aliphatic heterocycles. The normalized spacial score (nSPS) is 11.3. The molecule has 2 amide bonds. The fourth-order valence-electron chi connectivity index (χ4n) is 2.53. The summed E-state index contributed by atoms with van der Waals surface area (Å²) in [7, 11) is 5.97. The van der Waals surface area contributed by atoms with Crippen molar-refractivity contribution in [3.8, 4) is 11.5 Å². The summed E-state index contributed by atoms with van der Waals surface area (Å²) < 4.78 is 48.3. The summed E-state index contributed by atoms with van der Waals surface area (Å²) in [5.41, 5.74) is 0.0265. The molecule has 160 valence electrons. The molecular formula is C21H21F3N2O4. The first kappa shape index (κ1) is 22.8. The summed E-state index contributed by atoms with van der Waals surface area (Å²) in [6.45, 7) is 0. The van der Waals surface area contributed by atoms with E-state index in [4.69, 9.17) is 9.47 Å². The van der Waals surface area contributed by atoms with Crippen molar-refractivity contribution in [3.63, 3.8) is 0 Å². The Kier molecular flexibility index (Phi) is 7.10. The third-order valence-corrected chi connectivity index (χ3v) is 4.08. The number of methoxy groups -OCH3 is 2. The molecule has 0 aliphatic rings. The number of anilines is 1. The highest BCUT2D eigenvalue weighted by molar-refractivity contribution is 6.08. The van der Waals surface area contributed by atoms with Crippen molar-refractivity contribution in [3.05, 3.63) is 59.2 Å². The topological polar surface area (TPSA) is 67.9 Å². The van der Waals surface area contributed by atoms with Gasteiger partial charge in [-0.3, -0.25) is 9.59 Å². The molecule has 2 aromatic carbocycles. The van der Waals surface area contributed by atoms with Crippen LogP contribution in [0.4, 0.5) is 18.9 Å². The number of carbonyl (C=O) groups is 2. The second-order valence-electron chi connectivity index (χ2n) is 6.39. The van der Waals surface area contributed by atoms with Crippen LogP contribution in [0.3, 0.4) is 0 Å². The zero-order valence-electron chi connectivity index (χ0n) is 16.8. The lowest BCUT2D eigenvalue weighted by molar-refractivity contribution is -0.137. The van der Waals surface area contributed by atoms with Crippen LogP contribution in [0.2, 0.25) is 0 Å². The number of halogens is 3. The van der Waals surface area contributed by atoms with Crippen LogP contribution in [-0.2, 0) is 11.0 Å². The van der Waals surface area contributed by atoms with E-state index in [2.05, 4.69) is 5.32 Å². The molecule has 0 heterocycles. The number of benzene rings is 2. The van der Waals surface area contributed by atoms with E-state index >= 15 is 0 Å². The first-order valence-electron chi connectivity index (χ1n) is 8.70. The number of rotatable bonds is 6. The van der Waals surface area contributed by atoms with Gasteiger partial charge < -0.3 is 19.7 Å². The van der Waals surface area contributed by atoms with Gasteiger partial charge in [0.2, 0.25) is 5.91 Å². The second kappa shape index (κ2) is 9.34. The summed E-state index contributed by atoms with van der Waals surface area (Å²) in [4.78, 5) is 26.2. The third-order valence-electron chi connectivity index (χ3n) is 4.08. The number of nitrogens with zero attached hydrogens (tertiary/aromatic N) is 1. The van der Waals surface area contributed by atoms with Gasteiger partial charge in [-0.15, -0.1) is 0 Å². The van der Waals surface area contributed by atoms with Gasteiger partial charge in [0.05, 0.1) is 31.0 Å². The maximum atomic E-state index is 12.6. The molecule has 30 heavy (non-hydrogen) atoms. The monoisotopic (exact) mass is 422 g/mol. The van der Waals surface area contributed by atoms with Crippen LogP contribution in [-0.4, -0.2) is 45.0 Å². The van der Waals surface area contributed by atoms with Crippen molar-refractivity contribution in [2.45, 2.75) is 6.18 Å². The van der Waals surface area contributed by atoms with Gasteiger partial charge in [-0.1, -0.05) is 12.1 Å². The van der Waals surface area contributed by atoms with Gasteiger partial charge in [-0.05, 0) is 29.8 Å². The maximum Gasteiger partial charge on any atom is 0.416 e. The van der Waals surface area contributed by atoms with E-state index in [1.54, 1.807) is 14.1 Å². The van der Waals surface area contributed by atoms with Gasteiger partial charge >= 0.3 is 6.18 Å². The molecule has 0 aliphatic carbocycles. The Bertz CT molecular complexity index is 952. The van der Waals surface area contributed by atoms with Crippen molar-refractivity contribution in [2.75, 3.05) is 33.6 Å². The fourth-order valence-corrected chi connectivity index (χ4v) is 2.53. The Labute approximate surface area is 171 Å². The van der Waals surface area contributed by atoms with Crippen molar-refractivity contribution in [2.24, 2.45) is 0 Å². The molecular weight excluding hydrogens is 401 g/mol. The zero-order chi connectivity index (χ0) is 22.5. The van der Waals surface area contributed by atoms with Crippen LogP contribution in [0.25, 0.3) is 6.08 Å². The molecule has 0 aromatic heterocycles. The van der Waals surface area contributed by atoms with Crippen LogP contribution in [0, 0.1) is 0 Å². The summed E-state index contributed by atoms with van der Waals surface area (Å²) in [6, 6.07) is 7.28. The molecule has 6 nitrogen and oxygen atoms in total. The lowest BCUT2D eigenvalue weighted by Gasteiger charge is -2.17. The first-order valence-corrected chi connectivity index (χ1v) is 8.70. The van der Waals surface area contributed by atoms with Gasteiger partial charge in [-0.2, -0.15) is 13.2 Å². The molecule has 0 radical (unpaired) electrons. The quantitative estimate of drug-likeness (QED) is 0.713. The number of hydrogen-bond acceptors (Lipinski definition) is 4. The largest absolute Gasteiger partial charge is 0.493 e. The summed E-state index contributed by atoms with van der Waals surface area (Å²) >= 11 is 0. The van der Waals surface area contributed by atoms with Crippen molar-refractivity contribution < 1.29 is 32.2 Å². The van der Waals surface area contributed by atoms with Crippen molar-refractivity contribution >= 4 is 23.6 Å². The summed E-state index contributed by atoms with van der Waals surface area (Å²) in [5.74, 6) is -0.302. The number of alkyl halides is 3. The van der Waals surface area contributed by atoms with Gasteiger partial charge in [0.25, 0.3) is 5.91 Å². The molecule has 0 bridgehead atoms. The number of nitrogens with one attached hydrogen (secondary N) is 1. The Hall–Kier alpha value is -3.49. The van der Waals surface area contributed by atoms with E-state index in [0.29, 0.717) is 17.1 Å². The fraction of sp³-hybridized carbons (Fsp3) is 0.238. The Balaban J connectivity index is 2.26. The molecule has 1 N–H and O–H groups in total. The van der Waals surface area contributed by atoms with E-state index in [1.165, 1.54) is 49.5 Å². The highest BCUT2D eigenvalue weighted by Gasteiger charge is 2.29. The van der Waals surface area contributed by atoms with E-state index in [0.717, 1.165) is 18.2 Å². The number of ether oxygens (including phenoxy) is 2. The predicted octanol–water partition coefficient (Wildman–Crippen LogP) is 4.08. The van der Waals surface area contributed by atoms with Crippen LogP contribution < -0.4 is 14.8 Å². The van der Waals surface area contributed by atoms with Crippen molar-refractivity contribution in [1.29, 1.82) is 0 Å². The molecule has 0 spiro atoms. The first-order chi connectivity index (χ1) is 14.1. The minimum Gasteiger partial charge on any atom is -0.493 e. The molecule has 0 unspecified atom stereocenters. The van der Waals surface area contributed by atoms with Gasteiger partial charge in [0.1, 0.15) is 0 Å². The minimum absolute atomic E-state index is 0.189. The van der Waals surface area contributed by atoms with E-state index < -0.39 is 17.6 Å².